The van der Waals surface area contributed by atoms with Crippen molar-refractivity contribution in [2.24, 2.45) is 5.92 Å². The third kappa shape index (κ3) is 2.10. The molecular weight excluding hydrogens is 351 g/mol. The number of carbonyl (C=O) groups excluding carboxylic acids is 2. The summed E-state index contributed by atoms with van der Waals surface area (Å²) in [6.07, 6.45) is 1.72. The number of hydrogen-bond acceptors (Lipinski definition) is 4. The molecule has 8 heteroatoms. The first-order valence-electron chi connectivity index (χ1n) is 7.30. The Bertz CT molecular complexity index is 888. The van der Waals surface area contributed by atoms with E-state index in [1.54, 1.807) is 24.1 Å². The van der Waals surface area contributed by atoms with Gasteiger partial charge < -0.3 is 10.2 Å². The molecule has 0 bridgehead atoms. The Balaban J connectivity index is 1.64. The van der Waals surface area contributed by atoms with E-state index >= 15 is 0 Å². The molecule has 24 heavy (non-hydrogen) atoms. The van der Waals surface area contributed by atoms with Crippen molar-refractivity contribution < 1.29 is 9.59 Å². The number of anilines is 2. The lowest BCUT2D eigenvalue weighted by molar-refractivity contribution is -0.123. The average Bonchev–Trinajstić information content (AvgIpc) is 3.26. The van der Waals surface area contributed by atoms with Crippen molar-refractivity contribution in [2.75, 3.05) is 17.3 Å². The van der Waals surface area contributed by atoms with E-state index in [1.165, 1.54) is 12.4 Å². The van der Waals surface area contributed by atoms with E-state index < -0.39 is 11.3 Å². The van der Waals surface area contributed by atoms with Crippen LogP contribution < -0.4 is 10.2 Å². The Morgan fingerprint density at radius 2 is 2.12 bits per heavy atom. The number of amides is 2. The molecule has 1 spiro atoms. The van der Waals surface area contributed by atoms with E-state index in [4.69, 9.17) is 23.2 Å². The summed E-state index contributed by atoms with van der Waals surface area (Å²) >= 11 is 11.9. The third-order valence-corrected chi connectivity index (χ3v) is 5.09. The highest BCUT2D eigenvalue weighted by atomic mass is 35.5. The van der Waals surface area contributed by atoms with Gasteiger partial charge in [-0.1, -0.05) is 23.2 Å². The summed E-state index contributed by atoms with van der Waals surface area (Å²) in [5.41, 5.74) is 0.781. The molecule has 122 valence electrons. The Labute approximate surface area is 147 Å². The molecule has 1 aliphatic heterocycles. The summed E-state index contributed by atoms with van der Waals surface area (Å²) in [5.74, 6) is -0.493. The van der Waals surface area contributed by atoms with E-state index in [1.807, 2.05) is 6.07 Å². The molecule has 2 aliphatic rings. The number of benzene rings is 1. The van der Waals surface area contributed by atoms with Gasteiger partial charge in [0.1, 0.15) is 17.3 Å². The highest BCUT2D eigenvalue weighted by Gasteiger charge is 2.69. The number of halogens is 2. The Kier molecular flexibility index (Phi) is 3.30. The molecule has 4 rings (SSSR count). The van der Waals surface area contributed by atoms with Gasteiger partial charge in [-0.15, -0.1) is 0 Å². The lowest BCUT2D eigenvalue weighted by Gasteiger charge is -2.11. The number of fused-ring (bicyclic) bond motifs is 2. The molecular formula is C16H12Cl2N4O2. The number of carbonyl (C=O) groups is 2. The summed E-state index contributed by atoms with van der Waals surface area (Å²) in [6.45, 7) is 0. The quantitative estimate of drug-likeness (QED) is 0.833. The summed E-state index contributed by atoms with van der Waals surface area (Å²) in [4.78, 5) is 34.6. The van der Waals surface area contributed by atoms with Crippen molar-refractivity contribution in [3.8, 4) is 0 Å². The Morgan fingerprint density at radius 1 is 1.33 bits per heavy atom. The summed E-state index contributed by atoms with van der Waals surface area (Å²) in [7, 11) is 1.71. The Morgan fingerprint density at radius 3 is 2.88 bits per heavy atom. The van der Waals surface area contributed by atoms with Gasteiger partial charge in [0.2, 0.25) is 11.8 Å². The molecule has 0 radical (unpaired) electrons. The van der Waals surface area contributed by atoms with Crippen molar-refractivity contribution in [1.29, 1.82) is 0 Å². The molecule has 2 aromatic rings. The highest BCUT2D eigenvalue weighted by Crippen LogP contribution is 2.62. The van der Waals surface area contributed by atoms with Gasteiger partial charge in [0.15, 0.2) is 0 Å². The number of aromatic nitrogens is 2. The molecule has 0 unspecified atom stereocenters. The van der Waals surface area contributed by atoms with Gasteiger partial charge in [-0.25, -0.2) is 9.97 Å². The van der Waals surface area contributed by atoms with Gasteiger partial charge in [0.25, 0.3) is 0 Å². The third-order valence-electron chi connectivity index (χ3n) is 4.65. The maximum atomic E-state index is 12.7. The Hall–Kier alpha value is -2.18. The predicted octanol–water partition coefficient (Wildman–Crippen LogP) is 2.66. The van der Waals surface area contributed by atoms with Crippen molar-refractivity contribution in [1.82, 2.24) is 9.97 Å². The molecule has 1 saturated carbocycles. The van der Waals surface area contributed by atoms with Crippen LogP contribution in [0.25, 0.3) is 0 Å². The van der Waals surface area contributed by atoms with Crippen LogP contribution in [-0.4, -0.2) is 28.8 Å². The van der Waals surface area contributed by atoms with Crippen LogP contribution in [0.5, 0.6) is 0 Å². The van der Waals surface area contributed by atoms with Gasteiger partial charge in [-0.3, -0.25) is 9.59 Å². The second-order valence-electron chi connectivity index (χ2n) is 5.97. The van der Waals surface area contributed by atoms with Crippen LogP contribution in [0.15, 0.2) is 30.6 Å². The van der Waals surface area contributed by atoms with E-state index in [2.05, 4.69) is 15.3 Å². The minimum atomic E-state index is -0.824. The second-order valence-corrected chi connectivity index (χ2v) is 6.79. The van der Waals surface area contributed by atoms with E-state index in [9.17, 15) is 9.59 Å². The number of nitrogens with one attached hydrogen (secondary N) is 1. The summed E-state index contributed by atoms with van der Waals surface area (Å²) in [6, 6.07) is 6.78. The van der Waals surface area contributed by atoms with Crippen LogP contribution in [0.1, 0.15) is 12.0 Å². The monoisotopic (exact) mass is 362 g/mol. The first kappa shape index (κ1) is 15.4. The van der Waals surface area contributed by atoms with Gasteiger partial charge in [0.05, 0.1) is 11.3 Å². The summed E-state index contributed by atoms with van der Waals surface area (Å²) in [5, 5.41) is 3.48. The molecule has 2 heterocycles. The van der Waals surface area contributed by atoms with E-state index in [0.29, 0.717) is 17.3 Å². The van der Waals surface area contributed by atoms with Crippen LogP contribution >= 0.6 is 23.2 Å². The highest BCUT2D eigenvalue weighted by molar-refractivity contribution is 6.31. The molecule has 1 N–H and O–H groups in total. The van der Waals surface area contributed by atoms with Crippen LogP contribution in [0.3, 0.4) is 0 Å². The van der Waals surface area contributed by atoms with Gasteiger partial charge in [-0.05, 0) is 30.2 Å². The van der Waals surface area contributed by atoms with Crippen molar-refractivity contribution in [3.63, 3.8) is 0 Å². The largest absolute Gasteiger partial charge is 0.314 e. The number of hydrogen-bond donors (Lipinski definition) is 1. The minimum Gasteiger partial charge on any atom is -0.314 e. The molecule has 0 saturated heterocycles. The van der Waals surface area contributed by atoms with Crippen LogP contribution in [0, 0.1) is 5.92 Å². The molecule has 1 aromatic carbocycles. The zero-order valence-corrected chi connectivity index (χ0v) is 14.1. The fourth-order valence-corrected chi connectivity index (χ4v) is 3.73. The zero-order valence-electron chi connectivity index (χ0n) is 12.6. The average molecular weight is 363 g/mol. The predicted molar refractivity (Wildman–Crippen MR) is 90.3 cm³/mol. The molecule has 1 aromatic heterocycles. The van der Waals surface area contributed by atoms with Crippen LogP contribution in [0.2, 0.25) is 10.2 Å². The van der Waals surface area contributed by atoms with Crippen molar-refractivity contribution in [2.45, 2.75) is 11.8 Å². The SMILES string of the molecule is CN1C(=O)[C@]2(C[C@H]2C(=O)Nc2cc(Cl)ncn2)c2cc(Cl)ccc21. The lowest BCUT2D eigenvalue weighted by atomic mass is 9.94. The molecule has 1 aliphatic carbocycles. The fourth-order valence-electron chi connectivity index (χ4n) is 3.41. The molecule has 2 amide bonds. The van der Waals surface area contributed by atoms with Crippen LogP contribution in [-0.2, 0) is 15.0 Å². The maximum Gasteiger partial charge on any atom is 0.238 e. The number of rotatable bonds is 2. The topological polar surface area (TPSA) is 75.2 Å². The molecule has 1 fully saturated rings. The smallest absolute Gasteiger partial charge is 0.238 e. The standard InChI is InChI=1S/C16H12Cl2N4O2/c1-22-11-3-2-8(17)4-9(11)16(15(22)24)6-10(16)14(23)21-13-5-12(18)19-7-20-13/h2-5,7,10H,6H2,1H3,(H,19,20,21,23)/t10-,16+/m0/s1. The summed E-state index contributed by atoms with van der Waals surface area (Å²) < 4.78 is 0. The van der Waals surface area contributed by atoms with Gasteiger partial charge in [0, 0.05) is 23.8 Å². The normalized spacial score (nSPS) is 24.2. The van der Waals surface area contributed by atoms with E-state index in [0.717, 1.165) is 11.3 Å². The maximum absolute atomic E-state index is 12.7. The van der Waals surface area contributed by atoms with Gasteiger partial charge >= 0.3 is 0 Å². The minimum absolute atomic E-state index is 0.0827. The van der Waals surface area contributed by atoms with Crippen molar-refractivity contribution in [3.05, 3.63) is 46.3 Å². The molecule has 6 nitrogen and oxygen atoms in total. The number of likely N-dealkylation sites (N-methyl/N-ethyl adjacent to an activating group) is 1. The van der Waals surface area contributed by atoms with Crippen LogP contribution in [0.4, 0.5) is 11.5 Å². The zero-order chi connectivity index (χ0) is 17.1. The number of nitrogens with zero attached hydrogens (tertiary/aromatic N) is 3. The van der Waals surface area contributed by atoms with Crippen molar-refractivity contribution >= 4 is 46.5 Å². The first-order valence-corrected chi connectivity index (χ1v) is 8.05. The van der Waals surface area contributed by atoms with Gasteiger partial charge in [-0.2, -0.15) is 0 Å². The van der Waals surface area contributed by atoms with E-state index in [-0.39, 0.29) is 17.0 Å². The fraction of sp³-hybridized carbons (Fsp3) is 0.250. The lowest BCUT2D eigenvalue weighted by Crippen LogP contribution is -2.32. The molecule has 2 atom stereocenters. The first-order chi connectivity index (χ1) is 11.4. The second kappa shape index (κ2) is 5.16.